The third-order valence-electron chi connectivity index (χ3n) is 12.0. The predicted molar refractivity (Wildman–Crippen MR) is 272 cm³/mol. The summed E-state index contributed by atoms with van der Waals surface area (Å²) in [4.78, 5) is 163. The van der Waals surface area contributed by atoms with Gasteiger partial charge in [-0.05, 0) is 75.5 Å². The molecule has 0 aliphatic carbocycles. The standard InChI is InChI=1S/C47H74N14O17/c1-23(2)18-32(59-58-26(21-62)22-63)44(75)57-33(20-36(49)67)46(77)61-17-5-7-34(61)45(76)55-30(13-15-37(68)69)42(73)56-31(19-25-8-10-27(65)11-9-25)43(74)54-29(6-4-16-52-47(50)51)41(72)53-28(12-14-35(48)66)39(70)40(71)38(60-78)24(3)64/h8-11,21,23-24,26,28-34,38,58-60,63-65,78H,4-7,12-20,22H2,1-3H3,(H2,48,66)(H2,49,67)(H,53,72)(H,54,74)(H,55,76)(H,56,73)(H,57,75)(H,68,69)(H4,50,51,52)/t24-,26-,28+,29+,30+,31-,32-,33+,34-,38-/m0/s1. The van der Waals surface area contributed by atoms with Crippen molar-refractivity contribution in [2.75, 3.05) is 19.7 Å². The summed E-state index contributed by atoms with van der Waals surface area (Å²) < 4.78 is 0. The highest BCUT2D eigenvalue weighted by atomic mass is 16.5. The van der Waals surface area contributed by atoms with Gasteiger partial charge in [-0.25, -0.2) is 10.9 Å². The number of aromatic hydroxyl groups is 1. The van der Waals surface area contributed by atoms with Gasteiger partial charge in [0.1, 0.15) is 54.3 Å². The van der Waals surface area contributed by atoms with Crippen LogP contribution in [0.1, 0.15) is 90.5 Å². The lowest BCUT2D eigenvalue weighted by Gasteiger charge is -2.31. The molecule has 21 N–H and O–H groups in total. The van der Waals surface area contributed by atoms with E-state index in [4.69, 9.17) is 22.9 Å². The average molecular weight is 1110 g/mol. The van der Waals surface area contributed by atoms with Crippen LogP contribution in [0.3, 0.4) is 0 Å². The summed E-state index contributed by atoms with van der Waals surface area (Å²) in [5, 5.41) is 60.6. The highest BCUT2D eigenvalue weighted by Gasteiger charge is 2.41. The summed E-state index contributed by atoms with van der Waals surface area (Å²) in [6.45, 7) is 3.82. The number of aliphatic hydroxyl groups is 2. The Labute approximate surface area is 448 Å². The lowest BCUT2D eigenvalue weighted by Crippen LogP contribution is -2.61. The number of aliphatic carboxylic acids is 1. The molecule has 0 aromatic heterocycles. The molecule has 1 fully saturated rings. The number of guanidine groups is 1. The SMILES string of the molecule is CC(C)C[C@H](NN[C@@H](C=O)CO)C(=O)N[C@H](CC(N)=O)C(=O)N1CCC[C@H]1C(=O)N[C@H](CCC(=O)O)C(=O)N[C@@H](Cc1ccc(O)cc1)C(=O)N[C@H](CCCN=C(N)N)C(=O)N[C@H](CCC(N)=O)C(=O)C(=O)[C@@H](NO)[C@H](C)O. The molecule has 1 aliphatic heterocycles. The van der Waals surface area contributed by atoms with Crippen molar-refractivity contribution in [2.45, 2.75) is 152 Å². The molecule has 78 heavy (non-hydrogen) atoms. The monoisotopic (exact) mass is 1110 g/mol. The number of amides is 8. The quantitative estimate of drug-likeness (QED) is 0.00735. The largest absolute Gasteiger partial charge is 0.508 e. The van der Waals surface area contributed by atoms with Crippen LogP contribution >= 0.6 is 0 Å². The van der Waals surface area contributed by atoms with Gasteiger partial charge in [-0.3, -0.25) is 57.7 Å². The molecule has 434 valence electrons. The van der Waals surface area contributed by atoms with Gasteiger partial charge in [-0.2, -0.15) is 5.48 Å². The Morgan fingerprint density at radius 3 is 1.83 bits per heavy atom. The van der Waals surface area contributed by atoms with Crippen molar-refractivity contribution < 1.29 is 83.2 Å². The summed E-state index contributed by atoms with van der Waals surface area (Å²) >= 11 is 0. The number of carbonyl (C=O) groups excluding carboxylic acids is 11. The minimum absolute atomic E-state index is 0.0150. The number of nitrogens with zero attached hydrogens (tertiary/aromatic N) is 2. The van der Waals surface area contributed by atoms with Crippen LogP contribution in [0.2, 0.25) is 0 Å². The van der Waals surface area contributed by atoms with E-state index in [1.807, 2.05) is 0 Å². The molecule has 0 spiro atoms. The van der Waals surface area contributed by atoms with E-state index in [1.165, 1.54) is 29.7 Å². The number of carboxylic acid groups (broad SMARTS) is 1. The van der Waals surface area contributed by atoms with E-state index in [2.05, 4.69) is 42.4 Å². The van der Waals surface area contributed by atoms with Crippen molar-refractivity contribution in [2.24, 2.45) is 33.8 Å². The van der Waals surface area contributed by atoms with Crippen molar-refractivity contribution in [3.8, 4) is 5.75 Å². The number of hydrogen-bond donors (Lipinski definition) is 17. The number of aldehydes is 1. The molecule has 0 radical (unpaired) electrons. The summed E-state index contributed by atoms with van der Waals surface area (Å²) in [6.07, 6.45) is -4.72. The van der Waals surface area contributed by atoms with Crippen molar-refractivity contribution in [1.82, 2.24) is 47.8 Å². The van der Waals surface area contributed by atoms with Crippen LogP contribution in [-0.4, -0.2) is 188 Å². The summed E-state index contributed by atoms with van der Waals surface area (Å²) in [6, 6.07) is -8.64. The number of ketones is 2. The van der Waals surface area contributed by atoms with Gasteiger partial charge in [-0.15, -0.1) is 0 Å². The number of aliphatic hydroxyl groups excluding tert-OH is 2. The number of carbonyl (C=O) groups is 12. The fourth-order valence-electron chi connectivity index (χ4n) is 7.95. The van der Waals surface area contributed by atoms with Gasteiger partial charge in [0.15, 0.2) is 5.96 Å². The second-order valence-corrected chi connectivity index (χ2v) is 18.9. The van der Waals surface area contributed by atoms with Gasteiger partial charge in [0, 0.05) is 32.4 Å². The van der Waals surface area contributed by atoms with Gasteiger partial charge in [0.25, 0.3) is 0 Å². The number of likely N-dealkylation sites (tertiary alicyclic amines) is 1. The number of nitrogens with two attached hydrogens (primary N) is 4. The maximum Gasteiger partial charge on any atom is 0.303 e. The molecule has 1 aromatic rings. The van der Waals surface area contributed by atoms with E-state index in [9.17, 15) is 83.2 Å². The number of nitrogens with one attached hydrogen (secondary N) is 8. The Kier molecular flexibility index (Phi) is 28.5. The highest BCUT2D eigenvalue weighted by molar-refractivity contribution is 6.41. The first-order valence-electron chi connectivity index (χ1n) is 24.9. The Hall–Kier alpha value is -7.71. The number of primary amides is 2. The molecular weight excluding hydrogens is 1030 g/mol. The van der Waals surface area contributed by atoms with E-state index in [-0.39, 0.29) is 69.2 Å². The zero-order valence-electron chi connectivity index (χ0n) is 43.5. The van der Waals surface area contributed by atoms with Gasteiger partial charge >= 0.3 is 5.97 Å². The Balaban J connectivity index is 2.55. The number of aliphatic imine (C=N–C) groups is 1. The molecule has 1 heterocycles. The molecule has 8 amide bonds. The van der Waals surface area contributed by atoms with E-state index in [1.54, 1.807) is 13.8 Å². The van der Waals surface area contributed by atoms with Crippen LogP contribution in [0.4, 0.5) is 0 Å². The van der Waals surface area contributed by atoms with Crippen LogP contribution in [-0.2, 0) is 64.0 Å². The minimum Gasteiger partial charge on any atom is -0.508 e. The smallest absolute Gasteiger partial charge is 0.303 e. The number of phenols is 1. The summed E-state index contributed by atoms with van der Waals surface area (Å²) in [7, 11) is 0. The van der Waals surface area contributed by atoms with E-state index in [0.29, 0.717) is 11.8 Å². The lowest BCUT2D eigenvalue weighted by atomic mass is 9.96. The van der Waals surface area contributed by atoms with E-state index in [0.717, 1.165) is 11.8 Å². The van der Waals surface area contributed by atoms with Gasteiger partial charge < -0.3 is 84.8 Å². The molecular formula is C47H74N14O17. The van der Waals surface area contributed by atoms with Crippen LogP contribution in [0.5, 0.6) is 5.75 Å². The molecule has 0 bridgehead atoms. The van der Waals surface area contributed by atoms with Crippen molar-refractivity contribution in [3.63, 3.8) is 0 Å². The highest BCUT2D eigenvalue weighted by Crippen LogP contribution is 2.21. The molecule has 31 heteroatoms. The maximum atomic E-state index is 14.4. The first kappa shape index (κ1) is 66.4. The topological polar surface area (TPSA) is 522 Å². The van der Waals surface area contributed by atoms with Gasteiger partial charge in [-0.1, -0.05) is 26.0 Å². The van der Waals surface area contributed by atoms with Crippen molar-refractivity contribution in [1.29, 1.82) is 0 Å². The molecule has 0 unspecified atom stereocenters. The third kappa shape index (κ3) is 22.9. The maximum absolute atomic E-state index is 14.4. The zero-order valence-corrected chi connectivity index (χ0v) is 43.5. The fourth-order valence-corrected chi connectivity index (χ4v) is 7.95. The minimum atomic E-state index is -1.85. The second-order valence-electron chi connectivity index (χ2n) is 18.9. The molecule has 0 saturated carbocycles. The van der Waals surface area contributed by atoms with Crippen LogP contribution in [0.25, 0.3) is 0 Å². The first-order valence-corrected chi connectivity index (χ1v) is 24.9. The predicted octanol–water partition coefficient (Wildman–Crippen LogP) is -6.66. The van der Waals surface area contributed by atoms with E-state index >= 15 is 0 Å². The third-order valence-corrected chi connectivity index (χ3v) is 12.0. The number of phenolic OH excluding ortho intramolecular Hbond substituents is 1. The van der Waals surface area contributed by atoms with Crippen molar-refractivity contribution >= 4 is 77.0 Å². The molecule has 2 rings (SSSR count). The second kappa shape index (κ2) is 33.4. The normalized spacial score (nSPS) is 16.6. The van der Waals surface area contributed by atoms with Gasteiger partial charge in [0.05, 0.1) is 31.2 Å². The number of carboxylic acids is 1. The molecule has 1 aliphatic rings. The lowest BCUT2D eigenvalue weighted by molar-refractivity contribution is -0.144. The van der Waals surface area contributed by atoms with Crippen LogP contribution < -0.4 is 65.9 Å². The van der Waals surface area contributed by atoms with E-state index < -0.39 is 164 Å². The summed E-state index contributed by atoms with van der Waals surface area (Å²) in [5.41, 5.74) is 28.6. The number of benzene rings is 1. The number of hydroxylamine groups is 1. The number of hydrazine groups is 1. The Bertz CT molecular complexity index is 2300. The number of Topliss-reactive ketones (excluding diaryl/α,β-unsaturated/α-hetero) is 2. The molecule has 1 saturated heterocycles. The molecule has 31 nitrogen and oxygen atoms in total. The number of hydrogen-bond acceptors (Lipinski definition) is 20. The fraction of sp³-hybridized carbons (Fsp3) is 0.596. The first-order chi connectivity index (χ1) is 36.7. The summed E-state index contributed by atoms with van der Waals surface area (Å²) in [5.74, 6) is -12.8. The molecule has 1 aromatic carbocycles. The van der Waals surface area contributed by atoms with Crippen LogP contribution in [0.15, 0.2) is 29.3 Å². The van der Waals surface area contributed by atoms with Crippen LogP contribution in [0, 0.1) is 5.92 Å². The van der Waals surface area contributed by atoms with Crippen molar-refractivity contribution in [3.05, 3.63) is 29.8 Å². The zero-order chi connectivity index (χ0) is 58.8. The van der Waals surface area contributed by atoms with Gasteiger partial charge in [0.2, 0.25) is 58.8 Å². The Morgan fingerprint density at radius 1 is 0.731 bits per heavy atom. The molecule has 10 atom stereocenters. The average Bonchev–Trinajstić information content (AvgIpc) is 3.88. The Morgan fingerprint density at radius 2 is 1.29 bits per heavy atom. The number of rotatable bonds is 37.